The van der Waals surface area contributed by atoms with Gasteiger partial charge >= 0.3 is 6.36 Å². The normalized spacial score (nSPS) is 19.2. The van der Waals surface area contributed by atoms with Crippen LogP contribution in [-0.2, 0) is 18.3 Å². The molecule has 1 aromatic heterocycles. The third kappa shape index (κ3) is 5.65. The third-order valence-electron chi connectivity index (χ3n) is 5.89. The Kier molecular flexibility index (Phi) is 6.71. The number of aromatic nitrogens is 2. The van der Waals surface area contributed by atoms with Crippen LogP contribution >= 0.6 is 0 Å². The molecule has 0 bridgehead atoms. The summed E-state index contributed by atoms with van der Waals surface area (Å²) in [6, 6.07) is 4.89. The van der Waals surface area contributed by atoms with E-state index in [0.717, 1.165) is 42.8 Å². The summed E-state index contributed by atoms with van der Waals surface area (Å²) < 4.78 is 43.2. The van der Waals surface area contributed by atoms with Gasteiger partial charge in [0.05, 0.1) is 12.0 Å². The van der Waals surface area contributed by atoms with Crippen molar-refractivity contribution in [2.75, 3.05) is 7.05 Å². The van der Waals surface area contributed by atoms with Crippen molar-refractivity contribution in [3.8, 4) is 5.75 Å². The maximum atomic E-state index is 12.9. The second kappa shape index (κ2) is 9.11. The number of ketones is 1. The molecular formula is C22H26F3N3O3. The molecule has 0 radical (unpaired) electrons. The lowest BCUT2D eigenvalue weighted by atomic mass is 9.81. The molecule has 2 atom stereocenters. The van der Waals surface area contributed by atoms with Gasteiger partial charge in [0.15, 0.2) is 0 Å². The minimum Gasteiger partial charge on any atom is -0.406 e. The predicted molar refractivity (Wildman–Crippen MR) is 108 cm³/mol. The molecule has 0 spiro atoms. The van der Waals surface area contributed by atoms with Crippen LogP contribution in [0.2, 0.25) is 0 Å². The summed E-state index contributed by atoms with van der Waals surface area (Å²) in [5, 5.41) is 0. The van der Waals surface area contributed by atoms with Gasteiger partial charge in [-0.15, -0.1) is 13.2 Å². The fraction of sp³-hybridized carbons (Fsp3) is 0.500. The Morgan fingerprint density at radius 1 is 1.29 bits per heavy atom. The molecule has 0 saturated heterocycles. The molecule has 1 aliphatic carbocycles. The summed E-state index contributed by atoms with van der Waals surface area (Å²) >= 11 is 0. The first-order valence-electron chi connectivity index (χ1n) is 10.2. The van der Waals surface area contributed by atoms with Crippen molar-refractivity contribution in [3.05, 3.63) is 47.5 Å². The SMILES string of the molecule is Cc1ncn(C)c1CC(=O)[C@H]1CCC[C@@H](N(C)C(=O)c2cccc(OC(F)(F)F)c2)C1. The molecule has 2 aromatic rings. The van der Waals surface area contributed by atoms with E-state index in [9.17, 15) is 22.8 Å². The van der Waals surface area contributed by atoms with Gasteiger partial charge < -0.3 is 14.2 Å². The van der Waals surface area contributed by atoms with E-state index in [4.69, 9.17) is 0 Å². The molecule has 168 valence electrons. The summed E-state index contributed by atoms with van der Waals surface area (Å²) in [6.45, 7) is 1.87. The molecule has 0 aliphatic heterocycles. The van der Waals surface area contributed by atoms with E-state index in [0.29, 0.717) is 12.8 Å². The fourth-order valence-electron chi connectivity index (χ4n) is 4.14. The first kappa shape index (κ1) is 22.8. The molecule has 0 N–H and O–H groups in total. The van der Waals surface area contributed by atoms with Gasteiger partial charge in [0, 0.05) is 43.7 Å². The van der Waals surface area contributed by atoms with Crippen molar-refractivity contribution < 1.29 is 27.5 Å². The summed E-state index contributed by atoms with van der Waals surface area (Å²) in [4.78, 5) is 31.5. The van der Waals surface area contributed by atoms with Gasteiger partial charge in [0.2, 0.25) is 0 Å². The molecule has 3 rings (SSSR count). The van der Waals surface area contributed by atoms with Crippen molar-refractivity contribution in [1.29, 1.82) is 0 Å². The molecule has 1 heterocycles. The number of imidazole rings is 1. The maximum absolute atomic E-state index is 12.9. The van der Waals surface area contributed by atoms with Gasteiger partial charge in [-0.3, -0.25) is 9.59 Å². The highest BCUT2D eigenvalue weighted by Crippen LogP contribution is 2.30. The number of aryl methyl sites for hydroxylation is 2. The predicted octanol–water partition coefficient (Wildman–Crippen LogP) is 4.07. The molecule has 1 amide bonds. The highest BCUT2D eigenvalue weighted by molar-refractivity contribution is 5.94. The molecule has 6 nitrogen and oxygen atoms in total. The Morgan fingerprint density at radius 3 is 2.68 bits per heavy atom. The molecular weight excluding hydrogens is 411 g/mol. The van der Waals surface area contributed by atoms with Crippen LogP contribution in [0.3, 0.4) is 0 Å². The third-order valence-corrected chi connectivity index (χ3v) is 5.89. The summed E-state index contributed by atoms with van der Waals surface area (Å²) in [7, 11) is 3.48. The van der Waals surface area contributed by atoms with Crippen LogP contribution in [0.1, 0.15) is 47.4 Å². The number of rotatable bonds is 6. The number of ether oxygens (including phenoxy) is 1. The average Bonchev–Trinajstić information content (AvgIpc) is 3.03. The summed E-state index contributed by atoms with van der Waals surface area (Å²) in [5.41, 5.74) is 1.83. The zero-order valence-corrected chi connectivity index (χ0v) is 17.8. The van der Waals surface area contributed by atoms with Gasteiger partial charge in [0.1, 0.15) is 11.5 Å². The average molecular weight is 437 g/mol. The molecule has 0 unspecified atom stereocenters. The number of hydrogen-bond donors (Lipinski definition) is 0. The van der Waals surface area contributed by atoms with Gasteiger partial charge in [-0.1, -0.05) is 12.5 Å². The molecule has 9 heteroatoms. The molecule has 1 aliphatic rings. The number of halogens is 3. The van der Waals surface area contributed by atoms with E-state index in [2.05, 4.69) is 9.72 Å². The quantitative estimate of drug-likeness (QED) is 0.684. The highest BCUT2D eigenvalue weighted by Gasteiger charge is 2.33. The van der Waals surface area contributed by atoms with Gasteiger partial charge in [-0.05, 0) is 44.4 Å². The van der Waals surface area contributed by atoms with Crippen molar-refractivity contribution in [3.63, 3.8) is 0 Å². The lowest BCUT2D eigenvalue weighted by Gasteiger charge is -2.35. The van der Waals surface area contributed by atoms with Gasteiger partial charge in [-0.25, -0.2) is 4.98 Å². The lowest BCUT2D eigenvalue weighted by Crippen LogP contribution is -2.41. The summed E-state index contributed by atoms with van der Waals surface area (Å²) in [6.07, 6.45) is 0.0192. The smallest absolute Gasteiger partial charge is 0.406 e. The van der Waals surface area contributed by atoms with E-state index < -0.39 is 18.0 Å². The molecule has 1 saturated carbocycles. The minimum absolute atomic E-state index is 0.114. The van der Waals surface area contributed by atoms with Crippen LogP contribution < -0.4 is 4.74 Å². The van der Waals surface area contributed by atoms with Crippen molar-refractivity contribution in [2.45, 2.75) is 51.4 Å². The Bertz CT molecular complexity index is 935. The van der Waals surface area contributed by atoms with Crippen molar-refractivity contribution in [2.24, 2.45) is 13.0 Å². The number of hydrogen-bond acceptors (Lipinski definition) is 4. The zero-order valence-electron chi connectivity index (χ0n) is 17.8. The van der Waals surface area contributed by atoms with E-state index in [1.165, 1.54) is 17.0 Å². The van der Waals surface area contributed by atoms with E-state index in [1.807, 2.05) is 18.5 Å². The number of alkyl halides is 3. The Labute approximate surface area is 179 Å². The Balaban J connectivity index is 1.66. The molecule has 1 fully saturated rings. The van der Waals surface area contributed by atoms with Crippen LogP contribution in [-0.4, -0.2) is 45.6 Å². The van der Waals surface area contributed by atoms with Crippen LogP contribution in [0.25, 0.3) is 0 Å². The maximum Gasteiger partial charge on any atom is 0.573 e. The number of amides is 1. The number of carbonyl (C=O) groups excluding carboxylic acids is 2. The second-order valence-electron chi connectivity index (χ2n) is 8.04. The van der Waals surface area contributed by atoms with Crippen LogP contribution in [0, 0.1) is 12.8 Å². The second-order valence-corrected chi connectivity index (χ2v) is 8.04. The standard InChI is InChI=1S/C22H26F3N3O3/c1-14-19(27(2)13-26-14)12-20(29)15-6-4-8-17(10-15)28(3)21(30)16-7-5-9-18(11-16)31-22(23,24)25/h5,7,9,11,13,15,17H,4,6,8,10,12H2,1-3H3/t15-,17+/m0/s1. The molecule has 1 aromatic carbocycles. The van der Waals surface area contributed by atoms with E-state index in [1.54, 1.807) is 13.4 Å². The fourth-order valence-corrected chi connectivity index (χ4v) is 4.14. The van der Waals surface area contributed by atoms with Crippen LogP contribution in [0.15, 0.2) is 30.6 Å². The number of Topliss-reactive ketones (excluding diaryl/α,β-unsaturated/α-hetero) is 1. The first-order valence-corrected chi connectivity index (χ1v) is 10.2. The largest absolute Gasteiger partial charge is 0.573 e. The summed E-state index contributed by atoms with van der Waals surface area (Å²) in [5.74, 6) is -0.871. The van der Waals surface area contributed by atoms with Crippen LogP contribution in [0.5, 0.6) is 5.75 Å². The van der Waals surface area contributed by atoms with Gasteiger partial charge in [0.25, 0.3) is 5.91 Å². The Hall–Kier alpha value is -2.84. The minimum atomic E-state index is -4.82. The van der Waals surface area contributed by atoms with Crippen molar-refractivity contribution in [1.82, 2.24) is 14.5 Å². The first-order chi connectivity index (χ1) is 14.5. The number of benzene rings is 1. The zero-order chi connectivity index (χ0) is 22.8. The molecule has 31 heavy (non-hydrogen) atoms. The van der Waals surface area contributed by atoms with E-state index in [-0.39, 0.29) is 23.3 Å². The topological polar surface area (TPSA) is 64.4 Å². The monoisotopic (exact) mass is 437 g/mol. The van der Waals surface area contributed by atoms with Gasteiger partial charge in [-0.2, -0.15) is 0 Å². The van der Waals surface area contributed by atoms with Crippen LogP contribution in [0.4, 0.5) is 13.2 Å². The Morgan fingerprint density at radius 2 is 2.03 bits per heavy atom. The number of nitrogens with zero attached hydrogens (tertiary/aromatic N) is 3. The lowest BCUT2D eigenvalue weighted by molar-refractivity contribution is -0.274. The number of carbonyl (C=O) groups is 2. The highest BCUT2D eigenvalue weighted by atomic mass is 19.4. The van der Waals surface area contributed by atoms with Crippen molar-refractivity contribution >= 4 is 11.7 Å². The van der Waals surface area contributed by atoms with E-state index >= 15 is 0 Å².